The molecule has 0 saturated heterocycles. The number of fused-ring (bicyclic) bond motifs is 1. The van der Waals surface area contributed by atoms with E-state index in [1.807, 2.05) is 4.57 Å². The van der Waals surface area contributed by atoms with Crippen LogP contribution in [0.1, 0.15) is 53.2 Å². The van der Waals surface area contributed by atoms with E-state index in [9.17, 15) is 9.18 Å². The van der Waals surface area contributed by atoms with Gasteiger partial charge < -0.3 is 14.2 Å². The topological polar surface area (TPSA) is 86.0 Å². The van der Waals surface area contributed by atoms with Gasteiger partial charge in [0, 0.05) is 38.3 Å². The van der Waals surface area contributed by atoms with Crippen molar-refractivity contribution in [1.82, 2.24) is 29.0 Å². The lowest BCUT2D eigenvalue weighted by atomic mass is 10.1. The van der Waals surface area contributed by atoms with Crippen molar-refractivity contribution in [3.8, 4) is 10.8 Å². The summed E-state index contributed by atoms with van der Waals surface area (Å²) < 4.78 is 25.7. The summed E-state index contributed by atoms with van der Waals surface area (Å²) in [5, 5.41) is 9.50. The molecule has 1 atom stereocenters. The van der Waals surface area contributed by atoms with Gasteiger partial charge in [-0.15, -0.1) is 10.2 Å². The normalized spacial score (nSPS) is 18.3. The van der Waals surface area contributed by atoms with Crippen molar-refractivity contribution in [2.24, 2.45) is 0 Å². The molecule has 3 heterocycles. The van der Waals surface area contributed by atoms with Gasteiger partial charge in [-0.25, -0.2) is 9.37 Å². The Balaban J connectivity index is 1.46. The molecule has 0 bridgehead atoms. The number of ether oxygens (including phenoxy) is 1. The molecule has 1 aromatic carbocycles. The molecular formula is C20H20ClFN6O2S. The highest BCUT2D eigenvalue weighted by atomic mass is 35.5. The molecule has 0 spiro atoms. The number of carbonyl (C=O) groups is 1. The van der Waals surface area contributed by atoms with Crippen LogP contribution in [-0.4, -0.2) is 55.2 Å². The molecule has 1 amide bonds. The zero-order chi connectivity index (χ0) is 21.5. The van der Waals surface area contributed by atoms with Crippen LogP contribution in [-0.2, 0) is 11.3 Å². The predicted octanol–water partition coefficient (Wildman–Crippen LogP) is 3.70. The van der Waals surface area contributed by atoms with Gasteiger partial charge in [0.1, 0.15) is 11.6 Å². The molecule has 1 saturated carbocycles. The molecule has 2 aliphatic rings. The SMILES string of the molecule is COCCC1c2nnc(-c3nc(C4CC4)ns3)n2CCN1C(=O)c1ccc(Cl)c(F)c1. The quantitative estimate of drug-likeness (QED) is 0.555. The monoisotopic (exact) mass is 462 g/mol. The average Bonchev–Trinajstić information content (AvgIpc) is 3.35. The number of hydrogen-bond acceptors (Lipinski definition) is 7. The van der Waals surface area contributed by atoms with Crippen LogP contribution in [0, 0.1) is 5.82 Å². The fraction of sp³-hybridized carbons (Fsp3) is 0.450. The van der Waals surface area contributed by atoms with Crippen molar-refractivity contribution >= 4 is 29.0 Å². The fourth-order valence-electron chi connectivity index (χ4n) is 3.83. The van der Waals surface area contributed by atoms with E-state index in [-0.39, 0.29) is 22.5 Å². The first-order chi connectivity index (χ1) is 15.1. The van der Waals surface area contributed by atoms with Crippen molar-refractivity contribution in [3.05, 3.63) is 46.3 Å². The lowest BCUT2D eigenvalue weighted by molar-refractivity contribution is 0.0556. The zero-order valence-electron chi connectivity index (χ0n) is 16.8. The summed E-state index contributed by atoms with van der Waals surface area (Å²) in [6.45, 7) is 1.39. The molecule has 1 aliphatic carbocycles. The van der Waals surface area contributed by atoms with Gasteiger partial charge in [-0.1, -0.05) is 11.6 Å². The molecule has 2 aromatic heterocycles. The number of halogens is 2. The van der Waals surface area contributed by atoms with E-state index < -0.39 is 5.82 Å². The molecular weight excluding hydrogens is 443 g/mol. The second-order valence-corrected chi connectivity index (χ2v) is 8.85. The molecule has 3 aromatic rings. The Morgan fingerprint density at radius 1 is 1.32 bits per heavy atom. The Morgan fingerprint density at radius 2 is 2.16 bits per heavy atom. The maximum atomic E-state index is 13.9. The third-order valence-corrected chi connectivity index (χ3v) is 6.65. The predicted molar refractivity (Wildman–Crippen MR) is 113 cm³/mol. The number of carbonyl (C=O) groups excluding carboxylic acids is 1. The minimum absolute atomic E-state index is 0.0156. The van der Waals surface area contributed by atoms with E-state index in [2.05, 4.69) is 19.6 Å². The molecule has 162 valence electrons. The average molecular weight is 463 g/mol. The van der Waals surface area contributed by atoms with Crippen LogP contribution in [0.4, 0.5) is 4.39 Å². The lowest BCUT2D eigenvalue weighted by Gasteiger charge is -2.35. The Hall–Kier alpha value is -2.43. The highest BCUT2D eigenvalue weighted by Crippen LogP contribution is 2.40. The van der Waals surface area contributed by atoms with E-state index in [1.54, 1.807) is 12.0 Å². The molecule has 1 fully saturated rings. The van der Waals surface area contributed by atoms with Crippen LogP contribution in [0.5, 0.6) is 0 Å². The van der Waals surface area contributed by atoms with Gasteiger partial charge in [-0.2, -0.15) is 4.37 Å². The van der Waals surface area contributed by atoms with Crippen molar-refractivity contribution in [2.75, 3.05) is 20.3 Å². The van der Waals surface area contributed by atoms with Crippen molar-refractivity contribution < 1.29 is 13.9 Å². The van der Waals surface area contributed by atoms with E-state index in [1.165, 1.54) is 29.7 Å². The summed E-state index contributed by atoms with van der Waals surface area (Å²) in [5.74, 6) is 1.79. The standard InChI is InChI=1S/C20H20ClFN6O2S/c1-30-9-6-15-17-24-25-18(19-23-16(26-31-19)11-2-3-11)28(17)8-7-27(15)20(29)12-4-5-13(21)14(22)10-12/h4-5,10-11,15H,2-3,6-9H2,1H3. The van der Waals surface area contributed by atoms with E-state index in [0.717, 1.165) is 23.7 Å². The first-order valence-corrected chi connectivity index (χ1v) is 11.2. The maximum absolute atomic E-state index is 13.9. The number of aromatic nitrogens is 5. The summed E-state index contributed by atoms with van der Waals surface area (Å²) in [7, 11) is 1.61. The third kappa shape index (κ3) is 3.83. The Morgan fingerprint density at radius 3 is 2.90 bits per heavy atom. The lowest BCUT2D eigenvalue weighted by Crippen LogP contribution is -2.43. The zero-order valence-corrected chi connectivity index (χ0v) is 18.4. The Labute approximate surface area is 187 Å². The van der Waals surface area contributed by atoms with Gasteiger partial charge in [-0.05, 0) is 49.0 Å². The minimum atomic E-state index is -0.619. The summed E-state index contributed by atoms with van der Waals surface area (Å²) in [4.78, 5) is 19.6. The van der Waals surface area contributed by atoms with Gasteiger partial charge >= 0.3 is 0 Å². The molecule has 11 heteroatoms. The van der Waals surface area contributed by atoms with Crippen LogP contribution >= 0.6 is 23.1 Å². The Kier molecular flexibility index (Phi) is 5.45. The summed E-state index contributed by atoms with van der Waals surface area (Å²) in [5.41, 5.74) is 0.246. The van der Waals surface area contributed by atoms with E-state index in [0.29, 0.717) is 43.7 Å². The third-order valence-electron chi connectivity index (χ3n) is 5.62. The van der Waals surface area contributed by atoms with E-state index >= 15 is 0 Å². The number of amides is 1. The highest BCUT2D eigenvalue weighted by molar-refractivity contribution is 7.09. The van der Waals surface area contributed by atoms with Gasteiger partial charge in [0.05, 0.1) is 11.1 Å². The van der Waals surface area contributed by atoms with Crippen LogP contribution < -0.4 is 0 Å². The second kappa shape index (κ2) is 8.25. The van der Waals surface area contributed by atoms with Crippen LogP contribution in [0.25, 0.3) is 10.8 Å². The number of benzene rings is 1. The largest absolute Gasteiger partial charge is 0.385 e. The number of rotatable bonds is 6. The minimum Gasteiger partial charge on any atom is -0.385 e. The molecule has 0 radical (unpaired) electrons. The summed E-state index contributed by atoms with van der Waals surface area (Å²) >= 11 is 7.10. The fourth-order valence-corrected chi connectivity index (χ4v) is 4.68. The van der Waals surface area contributed by atoms with E-state index in [4.69, 9.17) is 16.3 Å². The van der Waals surface area contributed by atoms with Crippen LogP contribution in [0.2, 0.25) is 5.02 Å². The number of hydrogen-bond donors (Lipinski definition) is 0. The molecule has 0 N–H and O–H groups in total. The Bertz CT molecular complexity index is 1130. The number of nitrogens with zero attached hydrogens (tertiary/aromatic N) is 6. The van der Waals surface area contributed by atoms with Crippen LogP contribution in [0.3, 0.4) is 0 Å². The van der Waals surface area contributed by atoms with Gasteiger partial charge in [0.2, 0.25) is 0 Å². The highest BCUT2D eigenvalue weighted by Gasteiger charge is 2.36. The summed E-state index contributed by atoms with van der Waals surface area (Å²) in [6, 6.07) is 3.75. The first kappa shape index (κ1) is 20.5. The molecule has 1 aliphatic heterocycles. The smallest absolute Gasteiger partial charge is 0.254 e. The van der Waals surface area contributed by atoms with Crippen molar-refractivity contribution in [1.29, 1.82) is 0 Å². The van der Waals surface area contributed by atoms with Crippen molar-refractivity contribution in [2.45, 2.75) is 37.8 Å². The second-order valence-electron chi connectivity index (χ2n) is 7.69. The number of methoxy groups -OCH3 is 1. The van der Waals surface area contributed by atoms with Gasteiger partial charge in [0.15, 0.2) is 16.7 Å². The maximum Gasteiger partial charge on any atom is 0.254 e. The summed E-state index contributed by atoms with van der Waals surface area (Å²) in [6.07, 6.45) is 2.81. The molecule has 8 nitrogen and oxygen atoms in total. The van der Waals surface area contributed by atoms with Gasteiger partial charge in [0.25, 0.3) is 5.91 Å². The molecule has 31 heavy (non-hydrogen) atoms. The van der Waals surface area contributed by atoms with Crippen molar-refractivity contribution in [3.63, 3.8) is 0 Å². The molecule has 5 rings (SSSR count). The first-order valence-electron chi connectivity index (χ1n) is 10.1. The van der Waals surface area contributed by atoms with Crippen LogP contribution in [0.15, 0.2) is 18.2 Å². The molecule has 1 unspecified atom stereocenters. The van der Waals surface area contributed by atoms with Gasteiger partial charge in [-0.3, -0.25) is 4.79 Å².